The van der Waals surface area contributed by atoms with Crippen molar-refractivity contribution in [1.29, 1.82) is 5.26 Å². The molecule has 1 amide bonds. The van der Waals surface area contributed by atoms with Gasteiger partial charge in [0.05, 0.1) is 35.3 Å². The number of anilines is 2. The van der Waals surface area contributed by atoms with Crippen LogP contribution in [0.15, 0.2) is 24.7 Å². The second-order valence-corrected chi connectivity index (χ2v) is 6.89. The van der Waals surface area contributed by atoms with Crippen molar-refractivity contribution < 1.29 is 13.6 Å². The Kier molecular flexibility index (Phi) is 4.34. The number of amides is 1. The number of carbonyl (C=O) groups is 1. The number of fused-ring (bicyclic) bond motifs is 1. The minimum Gasteiger partial charge on any atom is -0.352 e. The fraction of sp³-hybridized carbons (Fsp3) is 0.333. The highest BCUT2D eigenvalue weighted by molar-refractivity contribution is 5.95. The first kappa shape index (κ1) is 18.7. The molecule has 4 heterocycles. The summed E-state index contributed by atoms with van der Waals surface area (Å²) in [5.74, 6) is -2.59. The first-order chi connectivity index (χ1) is 13.8. The second-order valence-electron chi connectivity index (χ2n) is 6.89. The van der Waals surface area contributed by atoms with Crippen LogP contribution in [0.2, 0.25) is 0 Å². The normalized spacial score (nSPS) is 14.5. The molecule has 9 nitrogen and oxygen atoms in total. The number of aromatic nitrogens is 5. The third-order valence-electron chi connectivity index (χ3n) is 4.50. The lowest BCUT2D eigenvalue weighted by molar-refractivity contribution is -0.114. The van der Waals surface area contributed by atoms with Crippen LogP contribution in [0.5, 0.6) is 0 Å². The maximum Gasteiger partial charge on any atom is 0.288 e. The third kappa shape index (κ3) is 3.44. The van der Waals surface area contributed by atoms with Crippen LogP contribution in [0.3, 0.4) is 0 Å². The molecule has 3 aromatic rings. The highest BCUT2D eigenvalue weighted by Crippen LogP contribution is 2.33. The van der Waals surface area contributed by atoms with E-state index in [1.165, 1.54) is 17.8 Å². The molecular weight excluding hydrogens is 382 g/mol. The molecule has 1 N–H and O–H groups in total. The van der Waals surface area contributed by atoms with Crippen molar-refractivity contribution in [3.8, 4) is 11.9 Å². The summed E-state index contributed by atoms with van der Waals surface area (Å²) in [4.78, 5) is 25.4. The lowest BCUT2D eigenvalue weighted by atomic mass is 10.0. The smallest absolute Gasteiger partial charge is 0.288 e. The average Bonchev–Trinajstić information content (AvgIpc) is 2.98. The summed E-state index contributed by atoms with van der Waals surface area (Å²) in [6, 6.07) is 3.79. The Morgan fingerprint density at radius 2 is 2.10 bits per heavy atom. The number of nitrogens with one attached hydrogen (secondary N) is 1. The number of hydrogen-bond donors (Lipinski definition) is 1. The zero-order valence-corrected chi connectivity index (χ0v) is 15.6. The van der Waals surface area contributed by atoms with Crippen molar-refractivity contribution in [2.75, 3.05) is 23.3 Å². The summed E-state index contributed by atoms with van der Waals surface area (Å²) < 4.78 is 28.8. The van der Waals surface area contributed by atoms with Gasteiger partial charge >= 0.3 is 0 Å². The summed E-state index contributed by atoms with van der Waals surface area (Å²) in [6.07, 6.45) is 3.89. The van der Waals surface area contributed by atoms with Gasteiger partial charge in [-0.15, -0.1) is 5.10 Å². The van der Waals surface area contributed by atoms with Crippen molar-refractivity contribution in [3.05, 3.63) is 30.4 Å². The van der Waals surface area contributed by atoms with E-state index in [0.717, 1.165) is 13.1 Å². The average molecular weight is 398 g/mol. The van der Waals surface area contributed by atoms with Gasteiger partial charge in [-0.3, -0.25) is 9.78 Å². The molecule has 1 aliphatic rings. The number of hydrogen-bond acceptors (Lipinski definition) is 7. The number of rotatable bonds is 4. The Hall–Kier alpha value is -3.68. The second kappa shape index (κ2) is 6.73. The fourth-order valence-corrected chi connectivity index (χ4v) is 3.05. The van der Waals surface area contributed by atoms with Gasteiger partial charge in [0.1, 0.15) is 11.5 Å². The molecule has 0 spiro atoms. The molecule has 0 radical (unpaired) electrons. The van der Waals surface area contributed by atoms with Crippen LogP contribution in [0.4, 0.5) is 20.4 Å². The topological polar surface area (TPSA) is 113 Å². The summed E-state index contributed by atoms with van der Waals surface area (Å²) in [5, 5.41) is 16.8. The monoisotopic (exact) mass is 398 g/mol. The van der Waals surface area contributed by atoms with E-state index in [4.69, 9.17) is 5.26 Å². The Labute approximate surface area is 164 Å². The van der Waals surface area contributed by atoms with Crippen molar-refractivity contribution in [1.82, 2.24) is 24.7 Å². The van der Waals surface area contributed by atoms with Crippen LogP contribution in [0.1, 0.15) is 19.5 Å². The molecular formula is C18H16F2N8O. The maximum atomic E-state index is 13.7. The van der Waals surface area contributed by atoms with E-state index in [9.17, 15) is 13.6 Å². The van der Waals surface area contributed by atoms with E-state index in [1.807, 2.05) is 4.90 Å². The number of nitrogens with zero attached hydrogens (tertiary/aromatic N) is 7. The molecule has 1 fully saturated rings. The lowest BCUT2D eigenvalue weighted by Gasteiger charge is -2.35. The maximum absolute atomic E-state index is 13.7. The molecule has 148 valence electrons. The SMILES string of the molecule is CC(=O)Nc1cc2c(cn1)c(N1CC(C#N)C1)nn2-c1cncc(C(C)(F)F)n1. The van der Waals surface area contributed by atoms with E-state index in [1.54, 1.807) is 12.3 Å². The zero-order valence-electron chi connectivity index (χ0n) is 15.6. The van der Waals surface area contributed by atoms with E-state index in [2.05, 4.69) is 31.4 Å². The number of nitriles is 1. The predicted octanol–water partition coefficient (Wildman–Crippen LogP) is 2.24. The molecule has 0 aliphatic carbocycles. The van der Waals surface area contributed by atoms with Crippen LogP contribution in [0.25, 0.3) is 16.7 Å². The van der Waals surface area contributed by atoms with Crippen LogP contribution in [-0.4, -0.2) is 43.7 Å². The third-order valence-corrected chi connectivity index (χ3v) is 4.50. The highest BCUT2D eigenvalue weighted by atomic mass is 19.3. The molecule has 11 heteroatoms. The summed E-state index contributed by atoms with van der Waals surface area (Å²) in [6.45, 7) is 3.12. The molecule has 0 saturated carbocycles. The Morgan fingerprint density at radius 1 is 1.34 bits per heavy atom. The minimum absolute atomic E-state index is 0.0938. The number of halogens is 2. The molecule has 0 atom stereocenters. The van der Waals surface area contributed by atoms with E-state index in [-0.39, 0.29) is 17.6 Å². The van der Waals surface area contributed by atoms with Gasteiger partial charge in [0.15, 0.2) is 11.6 Å². The van der Waals surface area contributed by atoms with E-state index in [0.29, 0.717) is 35.6 Å². The van der Waals surface area contributed by atoms with Crippen LogP contribution >= 0.6 is 0 Å². The number of alkyl halides is 2. The molecule has 1 saturated heterocycles. The summed E-state index contributed by atoms with van der Waals surface area (Å²) in [7, 11) is 0. The Bertz CT molecular complexity index is 1140. The Morgan fingerprint density at radius 3 is 2.76 bits per heavy atom. The first-order valence-electron chi connectivity index (χ1n) is 8.78. The molecule has 1 aliphatic heterocycles. The van der Waals surface area contributed by atoms with Crippen molar-refractivity contribution in [2.45, 2.75) is 19.8 Å². The number of carbonyl (C=O) groups excluding carboxylic acids is 1. The van der Waals surface area contributed by atoms with Crippen molar-refractivity contribution >= 4 is 28.4 Å². The van der Waals surface area contributed by atoms with Gasteiger partial charge in [0.2, 0.25) is 5.91 Å². The van der Waals surface area contributed by atoms with Gasteiger partial charge in [-0.05, 0) is 0 Å². The van der Waals surface area contributed by atoms with Crippen LogP contribution in [0, 0.1) is 17.2 Å². The quantitative estimate of drug-likeness (QED) is 0.717. The van der Waals surface area contributed by atoms with Crippen molar-refractivity contribution in [2.24, 2.45) is 5.92 Å². The molecule has 29 heavy (non-hydrogen) atoms. The lowest BCUT2D eigenvalue weighted by Crippen LogP contribution is -2.46. The molecule has 4 rings (SSSR count). The molecule has 0 unspecified atom stereocenters. The number of pyridine rings is 1. The Balaban J connectivity index is 1.86. The summed E-state index contributed by atoms with van der Waals surface area (Å²) >= 11 is 0. The zero-order chi connectivity index (χ0) is 20.8. The van der Waals surface area contributed by atoms with Gasteiger partial charge in [-0.25, -0.2) is 14.6 Å². The van der Waals surface area contributed by atoms with E-state index < -0.39 is 11.6 Å². The molecule has 3 aromatic heterocycles. The molecule has 0 aromatic carbocycles. The highest BCUT2D eigenvalue weighted by Gasteiger charge is 2.31. The van der Waals surface area contributed by atoms with Gasteiger partial charge in [-0.1, -0.05) is 0 Å². The van der Waals surface area contributed by atoms with Gasteiger partial charge in [0, 0.05) is 39.2 Å². The van der Waals surface area contributed by atoms with Gasteiger partial charge in [0.25, 0.3) is 5.92 Å². The van der Waals surface area contributed by atoms with Gasteiger partial charge < -0.3 is 10.2 Å². The van der Waals surface area contributed by atoms with Crippen LogP contribution < -0.4 is 10.2 Å². The molecule has 0 bridgehead atoms. The van der Waals surface area contributed by atoms with Crippen molar-refractivity contribution in [3.63, 3.8) is 0 Å². The van der Waals surface area contributed by atoms with Gasteiger partial charge in [-0.2, -0.15) is 14.0 Å². The standard InChI is InChI=1S/C18H16F2N8O/c1-10(29)24-15-3-13-12(5-23-15)17(27-8-11(4-21)9-27)26-28(13)16-7-22-6-14(25-16)18(2,19)20/h3,5-7,11H,8-9H2,1-2H3,(H,23,24,29). The first-order valence-corrected chi connectivity index (χ1v) is 8.78. The minimum atomic E-state index is -3.16. The van der Waals surface area contributed by atoms with Crippen LogP contribution in [-0.2, 0) is 10.7 Å². The predicted molar refractivity (Wildman–Crippen MR) is 99.6 cm³/mol. The largest absolute Gasteiger partial charge is 0.352 e. The van der Waals surface area contributed by atoms with E-state index >= 15 is 0 Å². The fourth-order valence-electron chi connectivity index (χ4n) is 3.05. The summed E-state index contributed by atoms with van der Waals surface area (Å²) in [5.41, 5.74) is 0.0369.